The Labute approximate surface area is 487 Å². The van der Waals surface area contributed by atoms with Gasteiger partial charge in [-0.3, -0.25) is 47.9 Å². The topological polar surface area (TPSA) is 285 Å². The third-order valence-corrected chi connectivity index (χ3v) is 14.1. The molecule has 0 spiro atoms. The summed E-state index contributed by atoms with van der Waals surface area (Å²) in [7, 11) is 3.79. The van der Waals surface area contributed by atoms with Gasteiger partial charge in [-0.05, 0) is 143 Å². The zero-order chi connectivity index (χ0) is 62.3. The summed E-state index contributed by atoms with van der Waals surface area (Å²) in [5.41, 5.74) is -4.45. The zero-order valence-electron chi connectivity index (χ0n) is 52.2. The number of halogens is 1. The average molecular weight is 1160 g/mol. The van der Waals surface area contributed by atoms with Crippen molar-refractivity contribution in [3.05, 3.63) is 35.6 Å². The van der Waals surface area contributed by atoms with Crippen molar-refractivity contribution in [2.75, 3.05) is 33.7 Å². The van der Waals surface area contributed by atoms with E-state index in [0.717, 1.165) is 32.1 Å². The summed E-state index contributed by atoms with van der Waals surface area (Å²) < 4.78 is 13.7. The molecule has 6 atom stereocenters. The molecule has 0 aliphatic carbocycles. The maximum atomic E-state index is 14.3. The van der Waals surface area contributed by atoms with E-state index in [1.807, 2.05) is 67.5 Å². The van der Waals surface area contributed by atoms with Gasteiger partial charge in [0.2, 0.25) is 53.2 Å². The number of hydrogen-bond donors (Lipinski definition) is 9. The Morgan fingerprint density at radius 3 is 1.61 bits per heavy atom. The molecule has 1 heterocycles. The monoisotopic (exact) mass is 1160 g/mol. The zero-order valence-corrected chi connectivity index (χ0v) is 52.2. The summed E-state index contributed by atoms with van der Waals surface area (Å²) in [4.78, 5) is 142. The minimum Gasteiger partial charge on any atom is -0.354 e. The van der Waals surface area contributed by atoms with E-state index >= 15 is 0 Å². The van der Waals surface area contributed by atoms with Crippen molar-refractivity contribution in [2.45, 2.75) is 227 Å². The van der Waals surface area contributed by atoms with Crippen LogP contribution in [0.15, 0.2) is 24.3 Å². The molecule has 0 aromatic heterocycles. The van der Waals surface area contributed by atoms with Crippen LogP contribution in [-0.4, -0.2) is 150 Å². The molecule has 0 saturated carbocycles. The van der Waals surface area contributed by atoms with E-state index in [1.165, 1.54) is 70.7 Å². The van der Waals surface area contributed by atoms with Crippen LogP contribution in [0, 0.1) is 29.5 Å². The van der Waals surface area contributed by atoms with Crippen molar-refractivity contribution in [3.8, 4) is 0 Å². The molecule has 1 aromatic rings. The first-order chi connectivity index (χ1) is 38.1. The molecule has 22 heteroatoms. The van der Waals surface area contributed by atoms with Crippen molar-refractivity contribution in [1.29, 1.82) is 0 Å². The fourth-order valence-corrected chi connectivity index (χ4v) is 9.54. The molecular weight excluding hydrogens is 1050 g/mol. The van der Waals surface area contributed by atoms with Gasteiger partial charge < -0.3 is 57.7 Å². The van der Waals surface area contributed by atoms with E-state index in [9.17, 15) is 52.3 Å². The summed E-state index contributed by atoms with van der Waals surface area (Å²) >= 11 is 0. The van der Waals surface area contributed by atoms with Crippen LogP contribution in [0.3, 0.4) is 0 Å². The summed E-state index contributed by atoms with van der Waals surface area (Å²) in [6.45, 7) is 24.9. The van der Waals surface area contributed by atoms with Crippen molar-refractivity contribution < 1.29 is 52.3 Å². The fraction of sp³-hybridized carbons (Fsp3) is 0.733. The van der Waals surface area contributed by atoms with E-state index in [0.29, 0.717) is 32.4 Å². The quantitative estimate of drug-likeness (QED) is 0.0331. The Bertz CT molecular complexity index is 2310. The molecule has 464 valence electrons. The van der Waals surface area contributed by atoms with Gasteiger partial charge >= 0.3 is 0 Å². The van der Waals surface area contributed by atoms with Crippen LogP contribution in [0.5, 0.6) is 0 Å². The molecule has 1 aliphatic heterocycles. The van der Waals surface area contributed by atoms with Crippen LogP contribution in [0.4, 0.5) is 4.39 Å². The van der Waals surface area contributed by atoms with Crippen LogP contribution in [0.2, 0.25) is 0 Å². The third kappa shape index (κ3) is 25.1. The minimum absolute atomic E-state index is 0.0229. The van der Waals surface area contributed by atoms with Crippen molar-refractivity contribution >= 4 is 59.1 Å². The molecule has 10 amide bonds. The summed E-state index contributed by atoms with van der Waals surface area (Å²) in [6, 6.07) is 1.50. The first kappa shape index (κ1) is 71.9. The Balaban J connectivity index is 2.25. The number of benzene rings is 1. The molecule has 1 saturated heterocycles. The van der Waals surface area contributed by atoms with Gasteiger partial charge in [0, 0.05) is 37.7 Å². The number of nitrogens with zero attached hydrogens (tertiary/aromatic N) is 2. The van der Waals surface area contributed by atoms with E-state index in [2.05, 4.69) is 54.8 Å². The molecule has 0 unspecified atom stereocenters. The molecule has 1 fully saturated rings. The number of rotatable bonds is 35. The number of hydrogen-bond acceptors (Lipinski definition) is 11. The molecule has 21 nitrogen and oxygen atoms in total. The number of nitrogens with one attached hydrogen (secondary N) is 9. The number of carbonyl (C=O) groups is 10. The number of amides is 10. The molecule has 1 aliphatic rings. The maximum absolute atomic E-state index is 14.3. The van der Waals surface area contributed by atoms with Gasteiger partial charge in [-0.25, -0.2) is 4.39 Å². The molecular formula is C60H102FN11O10. The lowest BCUT2D eigenvalue weighted by molar-refractivity contribution is -0.140. The average Bonchev–Trinajstić information content (AvgIpc) is 3.97. The van der Waals surface area contributed by atoms with Gasteiger partial charge in [0.1, 0.15) is 52.6 Å². The first-order valence-corrected chi connectivity index (χ1v) is 29.6. The van der Waals surface area contributed by atoms with Crippen LogP contribution < -0.4 is 47.9 Å². The largest absolute Gasteiger partial charge is 0.354 e. The summed E-state index contributed by atoms with van der Waals surface area (Å²) in [5.74, 6) is -8.08. The normalized spacial score (nSPS) is 15.7. The van der Waals surface area contributed by atoms with Crippen LogP contribution in [0.1, 0.15) is 191 Å². The summed E-state index contributed by atoms with van der Waals surface area (Å²) in [5, 5.41) is 25.0. The second-order valence-electron chi connectivity index (χ2n) is 25.4. The van der Waals surface area contributed by atoms with Gasteiger partial charge in [0.15, 0.2) is 0 Å². The standard InChI is InChI=1S/C60H102FN11O10/c1-17-18-19-20-21-22-24-43(50(75)67-47-25-23-32-72(47)54(79)41-26-28-42(61)29-27-41)49(74)64-45(34-38(4)5)52(77)68-59(11,12)56(81)66-44(33-37(2)3)51(76)65-46(35-39(6)7)53(78)69-60(13,14)57(82)70-58(9,10)55(80)62-31-30-48(73)63-40(8)36-71(15)16/h26-29,37-40,43-47H,17-25,30-36H2,1-16H3,(H,62,80)(H,63,73)(H,64,74)(H,65,76)(H,66,81)(H,67,75)(H,68,77)(H,69,78)(H,70,82)/t40-,43-,44-,45-,46-,47-/m0/s1. The lowest BCUT2D eigenvalue weighted by Gasteiger charge is -2.34. The van der Waals surface area contributed by atoms with Gasteiger partial charge in [0.05, 0.1) is 0 Å². The maximum Gasteiger partial charge on any atom is 0.255 e. The third-order valence-electron chi connectivity index (χ3n) is 14.1. The van der Waals surface area contributed by atoms with Crippen LogP contribution in [-0.2, 0) is 43.2 Å². The molecule has 2 rings (SSSR count). The van der Waals surface area contributed by atoms with Crippen molar-refractivity contribution in [2.24, 2.45) is 23.7 Å². The Morgan fingerprint density at radius 2 is 1.09 bits per heavy atom. The van der Waals surface area contributed by atoms with E-state index in [1.54, 1.807) is 0 Å². The predicted molar refractivity (Wildman–Crippen MR) is 315 cm³/mol. The van der Waals surface area contributed by atoms with E-state index < -0.39 is 99.9 Å². The molecule has 0 radical (unpaired) electrons. The molecule has 82 heavy (non-hydrogen) atoms. The lowest BCUT2D eigenvalue weighted by Crippen LogP contribution is -2.65. The second-order valence-corrected chi connectivity index (χ2v) is 25.4. The summed E-state index contributed by atoms with van der Waals surface area (Å²) in [6.07, 6.45) is 6.31. The highest BCUT2D eigenvalue weighted by Crippen LogP contribution is 2.22. The second kappa shape index (κ2) is 33.8. The Hall–Kier alpha value is -6.19. The Morgan fingerprint density at radius 1 is 0.598 bits per heavy atom. The van der Waals surface area contributed by atoms with Gasteiger partial charge in [0.25, 0.3) is 5.91 Å². The first-order valence-electron chi connectivity index (χ1n) is 29.6. The fourth-order valence-electron chi connectivity index (χ4n) is 9.54. The van der Waals surface area contributed by atoms with E-state index in [-0.39, 0.29) is 79.8 Å². The number of likely N-dealkylation sites (N-methyl/N-ethyl adjacent to an activating group) is 1. The number of likely N-dealkylation sites (tertiary alicyclic amines) is 1. The number of unbranched alkanes of at least 4 members (excludes halogenated alkanes) is 5. The molecule has 1 aromatic carbocycles. The highest BCUT2D eigenvalue weighted by atomic mass is 19.1. The minimum atomic E-state index is -1.67. The lowest BCUT2D eigenvalue weighted by atomic mass is 9.95. The SMILES string of the molecule is CCCCCCCC[C@@H](C(=O)N[C@@H](CC(C)C)C(=O)NC(C)(C)C(=O)N[C@@H](CC(C)C)C(=O)N[C@@H](CC(C)C)C(=O)NC(C)(C)C(=O)NC(C)(C)C(=O)NCCC(=O)N[C@@H](C)CN(C)C)C(=O)N[C@@H]1CCCN1C(=O)c1ccc(F)cc1. The molecule has 0 bridgehead atoms. The van der Waals surface area contributed by atoms with Gasteiger partial charge in [-0.15, -0.1) is 0 Å². The van der Waals surface area contributed by atoms with Gasteiger partial charge in [-0.2, -0.15) is 0 Å². The molecule has 9 N–H and O–H groups in total. The van der Waals surface area contributed by atoms with Crippen molar-refractivity contribution in [1.82, 2.24) is 57.7 Å². The van der Waals surface area contributed by atoms with Gasteiger partial charge in [-0.1, -0.05) is 87.0 Å². The smallest absolute Gasteiger partial charge is 0.255 e. The number of carbonyl (C=O) groups excluding carboxylic acids is 10. The van der Waals surface area contributed by atoms with Crippen LogP contribution >= 0.6 is 0 Å². The highest BCUT2D eigenvalue weighted by Gasteiger charge is 2.41. The van der Waals surface area contributed by atoms with Crippen LogP contribution in [0.25, 0.3) is 0 Å². The Kier molecular flexibility index (Phi) is 29.6. The van der Waals surface area contributed by atoms with E-state index in [4.69, 9.17) is 0 Å². The predicted octanol–water partition coefficient (Wildman–Crippen LogP) is 4.72. The van der Waals surface area contributed by atoms with Crippen molar-refractivity contribution in [3.63, 3.8) is 0 Å². The highest BCUT2D eigenvalue weighted by molar-refractivity contribution is 6.03.